The summed E-state index contributed by atoms with van der Waals surface area (Å²) in [6.07, 6.45) is 4.53. The van der Waals surface area contributed by atoms with Crippen LogP contribution in [0.5, 0.6) is 11.5 Å². The number of rotatable bonds is 10. The Kier molecular flexibility index (Phi) is 7.42. The molecule has 1 heterocycles. The van der Waals surface area contributed by atoms with Crippen LogP contribution in [0.4, 0.5) is 17.1 Å². The summed E-state index contributed by atoms with van der Waals surface area (Å²) < 4.78 is 10.8. The van der Waals surface area contributed by atoms with Gasteiger partial charge in [-0.05, 0) is 36.8 Å². The standard InChI is InChI=1S/C22H25N3O6/c1-2-3-4-5-12-30-18-9-6-16(7-10-18)23-21(26)14-24-15-22(27)31-20-13-17(25(28)29)8-11-19(20)24/h6-11,13H,2-5,12,14-15H2,1H3,(H,23,26). The van der Waals surface area contributed by atoms with Crippen molar-refractivity contribution in [3.05, 3.63) is 52.6 Å². The number of nitrogens with zero attached hydrogens (tertiary/aromatic N) is 2. The van der Waals surface area contributed by atoms with Gasteiger partial charge in [0.05, 0.1) is 29.8 Å². The highest BCUT2D eigenvalue weighted by atomic mass is 16.6. The second-order valence-corrected chi connectivity index (χ2v) is 7.22. The Balaban J connectivity index is 1.56. The van der Waals surface area contributed by atoms with Crippen LogP contribution in [0.3, 0.4) is 0 Å². The van der Waals surface area contributed by atoms with Gasteiger partial charge in [0.2, 0.25) is 5.91 Å². The molecule has 0 radical (unpaired) electrons. The Morgan fingerprint density at radius 2 is 1.97 bits per heavy atom. The zero-order valence-corrected chi connectivity index (χ0v) is 17.3. The number of esters is 1. The van der Waals surface area contributed by atoms with E-state index in [9.17, 15) is 19.7 Å². The van der Waals surface area contributed by atoms with Gasteiger partial charge < -0.3 is 19.7 Å². The van der Waals surface area contributed by atoms with Gasteiger partial charge in [-0.25, -0.2) is 4.79 Å². The molecule has 0 atom stereocenters. The first-order valence-corrected chi connectivity index (χ1v) is 10.2. The van der Waals surface area contributed by atoms with E-state index in [2.05, 4.69) is 12.2 Å². The van der Waals surface area contributed by atoms with Crippen molar-refractivity contribution in [2.75, 3.05) is 29.9 Å². The Morgan fingerprint density at radius 3 is 2.68 bits per heavy atom. The number of amides is 1. The maximum absolute atomic E-state index is 12.5. The molecule has 1 amide bonds. The van der Waals surface area contributed by atoms with Crippen LogP contribution in [0.2, 0.25) is 0 Å². The van der Waals surface area contributed by atoms with E-state index in [0.29, 0.717) is 18.0 Å². The molecule has 164 valence electrons. The van der Waals surface area contributed by atoms with Gasteiger partial charge in [-0.2, -0.15) is 0 Å². The molecule has 1 aliphatic rings. The van der Waals surface area contributed by atoms with Crippen LogP contribution in [0, 0.1) is 10.1 Å². The van der Waals surface area contributed by atoms with Crippen molar-refractivity contribution in [1.82, 2.24) is 0 Å². The topological polar surface area (TPSA) is 111 Å². The van der Waals surface area contributed by atoms with Crippen molar-refractivity contribution >= 4 is 28.9 Å². The molecule has 2 aromatic carbocycles. The molecule has 9 heteroatoms. The number of anilines is 2. The van der Waals surface area contributed by atoms with Crippen LogP contribution >= 0.6 is 0 Å². The lowest BCUT2D eigenvalue weighted by molar-refractivity contribution is -0.384. The van der Waals surface area contributed by atoms with Gasteiger partial charge in [0.15, 0.2) is 5.75 Å². The molecule has 0 aliphatic carbocycles. The smallest absolute Gasteiger partial charge is 0.331 e. The number of hydrogen-bond acceptors (Lipinski definition) is 7. The normalized spacial score (nSPS) is 12.7. The lowest BCUT2D eigenvalue weighted by Crippen LogP contribution is -2.41. The van der Waals surface area contributed by atoms with Crippen LogP contribution in [0.15, 0.2) is 42.5 Å². The summed E-state index contributed by atoms with van der Waals surface area (Å²) in [5, 5.41) is 13.7. The van der Waals surface area contributed by atoms with E-state index in [1.165, 1.54) is 35.9 Å². The molecule has 1 aliphatic heterocycles. The summed E-state index contributed by atoms with van der Waals surface area (Å²) in [5.41, 5.74) is 0.865. The molecule has 0 aromatic heterocycles. The molecule has 3 rings (SSSR count). The fourth-order valence-corrected chi connectivity index (χ4v) is 3.22. The van der Waals surface area contributed by atoms with Crippen molar-refractivity contribution in [3.8, 4) is 11.5 Å². The average molecular weight is 427 g/mol. The second kappa shape index (κ2) is 10.4. The number of fused-ring (bicyclic) bond motifs is 1. The van der Waals surface area contributed by atoms with Crippen molar-refractivity contribution in [1.29, 1.82) is 0 Å². The monoisotopic (exact) mass is 427 g/mol. The van der Waals surface area contributed by atoms with Crippen molar-refractivity contribution in [2.24, 2.45) is 0 Å². The quantitative estimate of drug-likeness (QED) is 0.201. The summed E-state index contributed by atoms with van der Waals surface area (Å²) in [6.45, 7) is 2.60. The molecule has 0 saturated carbocycles. The molecular formula is C22H25N3O6. The van der Waals surface area contributed by atoms with Crippen LogP contribution in [-0.4, -0.2) is 36.5 Å². The number of hydrogen-bond donors (Lipinski definition) is 1. The number of nitrogens with one attached hydrogen (secondary N) is 1. The van der Waals surface area contributed by atoms with E-state index in [-0.39, 0.29) is 30.4 Å². The summed E-state index contributed by atoms with van der Waals surface area (Å²) in [7, 11) is 0. The number of carbonyl (C=O) groups excluding carboxylic acids is 2. The molecule has 2 aromatic rings. The van der Waals surface area contributed by atoms with Crippen LogP contribution < -0.4 is 19.7 Å². The van der Waals surface area contributed by atoms with E-state index in [1.807, 2.05) is 0 Å². The molecule has 0 fully saturated rings. The lowest BCUT2D eigenvalue weighted by Gasteiger charge is -2.28. The summed E-state index contributed by atoms with van der Waals surface area (Å²) in [4.78, 5) is 36.2. The van der Waals surface area contributed by atoms with Gasteiger partial charge in [-0.1, -0.05) is 26.2 Å². The van der Waals surface area contributed by atoms with Gasteiger partial charge in [0.1, 0.15) is 12.3 Å². The number of nitro groups is 1. The first-order chi connectivity index (χ1) is 15.0. The first kappa shape index (κ1) is 22.1. The third-order valence-corrected chi connectivity index (χ3v) is 4.78. The molecule has 0 unspecified atom stereocenters. The Labute approximate surface area is 180 Å². The maximum atomic E-state index is 12.5. The maximum Gasteiger partial charge on any atom is 0.331 e. The molecule has 31 heavy (non-hydrogen) atoms. The highest BCUT2D eigenvalue weighted by Gasteiger charge is 2.27. The third-order valence-electron chi connectivity index (χ3n) is 4.78. The predicted octanol–water partition coefficient (Wildman–Crippen LogP) is 3.92. The number of unbranched alkanes of at least 4 members (excludes halogenated alkanes) is 3. The zero-order valence-electron chi connectivity index (χ0n) is 17.3. The van der Waals surface area contributed by atoms with E-state index in [4.69, 9.17) is 9.47 Å². The Morgan fingerprint density at radius 1 is 1.19 bits per heavy atom. The van der Waals surface area contributed by atoms with E-state index >= 15 is 0 Å². The van der Waals surface area contributed by atoms with Gasteiger partial charge in [0, 0.05) is 11.8 Å². The SMILES string of the molecule is CCCCCCOc1ccc(NC(=O)CN2CC(=O)Oc3cc([N+](=O)[O-])ccc32)cc1. The van der Waals surface area contributed by atoms with Crippen molar-refractivity contribution in [2.45, 2.75) is 32.6 Å². The lowest BCUT2D eigenvalue weighted by atomic mass is 10.2. The van der Waals surface area contributed by atoms with Crippen molar-refractivity contribution in [3.63, 3.8) is 0 Å². The first-order valence-electron chi connectivity index (χ1n) is 10.2. The number of nitro benzene ring substituents is 1. The van der Waals surface area contributed by atoms with Crippen LogP contribution in [0.1, 0.15) is 32.6 Å². The summed E-state index contributed by atoms with van der Waals surface area (Å²) in [6, 6.07) is 11.0. The molecule has 9 nitrogen and oxygen atoms in total. The number of benzene rings is 2. The molecule has 0 saturated heterocycles. The van der Waals surface area contributed by atoms with Crippen LogP contribution in [0.25, 0.3) is 0 Å². The molecule has 0 spiro atoms. The van der Waals surface area contributed by atoms with Gasteiger partial charge in [-0.15, -0.1) is 0 Å². The largest absolute Gasteiger partial charge is 0.494 e. The third kappa shape index (κ3) is 6.18. The highest BCUT2D eigenvalue weighted by molar-refractivity contribution is 5.96. The van der Waals surface area contributed by atoms with Gasteiger partial charge >= 0.3 is 5.97 Å². The summed E-state index contributed by atoms with van der Waals surface area (Å²) in [5.74, 6) is -0.101. The van der Waals surface area contributed by atoms with Crippen molar-refractivity contribution < 1.29 is 24.0 Å². The minimum Gasteiger partial charge on any atom is -0.494 e. The fraction of sp³-hybridized carbons (Fsp3) is 0.364. The second-order valence-electron chi connectivity index (χ2n) is 7.22. The Bertz CT molecular complexity index is 945. The number of ether oxygens (including phenoxy) is 2. The Hall–Kier alpha value is -3.62. The average Bonchev–Trinajstić information content (AvgIpc) is 2.74. The van der Waals surface area contributed by atoms with Gasteiger partial charge in [0.25, 0.3) is 5.69 Å². The van der Waals surface area contributed by atoms with Crippen LogP contribution in [-0.2, 0) is 9.59 Å². The molecule has 0 bridgehead atoms. The fourth-order valence-electron chi connectivity index (χ4n) is 3.22. The van der Waals surface area contributed by atoms with E-state index in [0.717, 1.165) is 18.6 Å². The minimum atomic E-state index is -0.582. The number of carbonyl (C=O) groups is 2. The highest BCUT2D eigenvalue weighted by Crippen LogP contribution is 2.35. The number of non-ortho nitro benzene ring substituents is 1. The molecular weight excluding hydrogens is 402 g/mol. The molecule has 1 N–H and O–H groups in total. The summed E-state index contributed by atoms with van der Waals surface area (Å²) >= 11 is 0. The predicted molar refractivity (Wildman–Crippen MR) is 116 cm³/mol. The minimum absolute atomic E-state index is 0.0682. The van der Waals surface area contributed by atoms with E-state index < -0.39 is 10.9 Å². The van der Waals surface area contributed by atoms with E-state index in [1.54, 1.807) is 24.3 Å². The zero-order chi connectivity index (χ0) is 22.2. The van der Waals surface area contributed by atoms with Gasteiger partial charge in [-0.3, -0.25) is 14.9 Å².